The quantitative estimate of drug-likeness (QED) is 0.767. The minimum absolute atomic E-state index is 0.167. The van der Waals surface area contributed by atoms with Crippen molar-refractivity contribution in [3.63, 3.8) is 0 Å². The summed E-state index contributed by atoms with van der Waals surface area (Å²) in [6, 6.07) is 4.28. The van der Waals surface area contributed by atoms with Crippen molar-refractivity contribution < 1.29 is 9.53 Å². The van der Waals surface area contributed by atoms with Crippen LogP contribution in [-0.4, -0.2) is 69.0 Å². The number of amides is 1. The van der Waals surface area contributed by atoms with Gasteiger partial charge in [-0.25, -0.2) is 4.98 Å². The van der Waals surface area contributed by atoms with Gasteiger partial charge in [0.15, 0.2) is 0 Å². The molecule has 5 rings (SSSR count). The molecule has 2 fully saturated rings. The van der Waals surface area contributed by atoms with E-state index in [-0.39, 0.29) is 17.0 Å². The maximum Gasteiger partial charge on any atom is 0.263 e. The number of ether oxygens (including phenoxy) is 1. The molecule has 160 valence electrons. The number of hydrogen-bond donors (Lipinski definition) is 1. The van der Waals surface area contributed by atoms with Crippen molar-refractivity contribution in [1.82, 2.24) is 29.5 Å². The second kappa shape index (κ2) is 8.31. The Morgan fingerprint density at radius 2 is 2.07 bits per heavy atom. The van der Waals surface area contributed by atoms with E-state index in [9.17, 15) is 9.59 Å². The number of hydrogen-bond acceptors (Lipinski definition) is 6. The zero-order chi connectivity index (χ0) is 20.5. The Balaban J connectivity index is 1.29. The van der Waals surface area contributed by atoms with Crippen LogP contribution in [0.2, 0.25) is 0 Å². The van der Waals surface area contributed by atoms with Gasteiger partial charge in [-0.05, 0) is 37.3 Å². The number of piperidine rings is 1. The van der Waals surface area contributed by atoms with Gasteiger partial charge in [0.2, 0.25) is 0 Å². The van der Waals surface area contributed by atoms with Gasteiger partial charge < -0.3 is 14.6 Å². The van der Waals surface area contributed by atoms with E-state index >= 15 is 0 Å². The van der Waals surface area contributed by atoms with Crippen LogP contribution in [0.3, 0.4) is 0 Å². The highest BCUT2D eigenvalue weighted by Gasteiger charge is 2.37. The predicted octanol–water partition coefficient (Wildman–Crippen LogP) is 0.468. The lowest BCUT2D eigenvalue weighted by molar-refractivity contribution is 0.00585. The van der Waals surface area contributed by atoms with Gasteiger partial charge in [0.05, 0.1) is 6.54 Å². The van der Waals surface area contributed by atoms with Gasteiger partial charge in [-0.1, -0.05) is 0 Å². The van der Waals surface area contributed by atoms with Gasteiger partial charge in [-0.3, -0.25) is 19.2 Å². The van der Waals surface area contributed by atoms with Crippen LogP contribution in [-0.2, 0) is 17.8 Å². The number of aromatic nitrogens is 4. The molecule has 5 heterocycles. The first kappa shape index (κ1) is 19.4. The molecular formula is C21H28N6O3. The molecule has 30 heavy (non-hydrogen) atoms. The number of nitrogens with one attached hydrogen (secondary N) is 1. The Kier molecular flexibility index (Phi) is 5.39. The molecule has 0 radical (unpaired) electrons. The third-order valence-corrected chi connectivity index (χ3v) is 6.68. The minimum atomic E-state index is -0.324. The SMILES string of the molecule is O=C(NCCn1cncn1)c1ccc2n(c1=O)C[C@H]1C[C@@H]2CN(C2CCOCC2)C1. The molecule has 0 aromatic carbocycles. The second-order valence-electron chi connectivity index (χ2n) is 8.60. The van der Waals surface area contributed by atoms with Crippen LogP contribution in [0.4, 0.5) is 0 Å². The Morgan fingerprint density at radius 3 is 2.87 bits per heavy atom. The lowest BCUT2D eigenvalue weighted by Gasteiger charge is -2.46. The molecule has 2 bridgehead atoms. The van der Waals surface area contributed by atoms with Crippen LogP contribution in [0, 0.1) is 5.92 Å². The average molecular weight is 412 g/mol. The predicted molar refractivity (Wildman–Crippen MR) is 109 cm³/mol. The molecule has 3 aliphatic heterocycles. The molecule has 0 saturated carbocycles. The highest BCUT2D eigenvalue weighted by Crippen LogP contribution is 2.36. The molecule has 2 saturated heterocycles. The largest absolute Gasteiger partial charge is 0.381 e. The molecule has 3 aliphatic rings. The summed E-state index contributed by atoms with van der Waals surface area (Å²) in [4.78, 5) is 32.2. The van der Waals surface area contributed by atoms with Gasteiger partial charge in [0.25, 0.3) is 11.5 Å². The number of rotatable bonds is 5. The van der Waals surface area contributed by atoms with Crippen LogP contribution in [0.25, 0.3) is 0 Å². The smallest absolute Gasteiger partial charge is 0.263 e. The monoisotopic (exact) mass is 412 g/mol. The average Bonchev–Trinajstić information content (AvgIpc) is 3.28. The molecule has 0 unspecified atom stereocenters. The van der Waals surface area contributed by atoms with Crippen molar-refractivity contribution >= 4 is 5.91 Å². The van der Waals surface area contributed by atoms with Gasteiger partial charge in [0.1, 0.15) is 18.2 Å². The van der Waals surface area contributed by atoms with Crippen molar-refractivity contribution in [1.29, 1.82) is 0 Å². The Morgan fingerprint density at radius 1 is 1.20 bits per heavy atom. The molecule has 2 aromatic rings. The number of fused-ring (bicyclic) bond motifs is 4. The summed E-state index contributed by atoms with van der Waals surface area (Å²) >= 11 is 0. The fourth-order valence-electron chi connectivity index (χ4n) is 5.23. The summed E-state index contributed by atoms with van der Waals surface area (Å²) in [6.07, 6.45) is 6.38. The molecule has 0 aliphatic carbocycles. The maximum atomic E-state index is 13.1. The highest BCUT2D eigenvalue weighted by molar-refractivity contribution is 5.93. The Labute approximate surface area is 175 Å². The van der Waals surface area contributed by atoms with E-state index in [1.54, 1.807) is 17.1 Å². The molecule has 1 N–H and O–H groups in total. The number of likely N-dealkylation sites (tertiary alicyclic amines) is 1. The van der Waals surface area contributed by atoms with Gasteiger partial charge in [-0.2, -0.15) is 5.10 Å². The second-order valence-corrected chi connectivity index (χ2v) is 8.60. The summed E-state index contributed by atoms with van der Waals surface area (Å²) in [5.41, 5.74) is 1.13. The fourth-order valence-corrected chi connectivity index (χ4v) is 5.23. The molecule has 2 atom stereocenters. The number of nitrogens with zero attached hydrogens (tertiary/aromatic N) is 5. The summed E-state index contributed by atoms with van der Waals surface area (Å²) in [5, 5.41) is 6.84. The summed E-state index contributed by atoms with van der Waals surface area (Å²) < 4.78 is 9.02. The van der Waals surface area contributed by atoms with E-state index in [4.69, 9.17) is 4.74 Å². The molecule has 9 nitrogen and oxygen atoms in total. The van der Waals surface area contributed by atoms with E-state index < -0.39 is 0 Å². The first-order valence-corrected chi connectivity index (χ1v) is 10.8. The number of pyridine rings is 1. The van der Waals surface area contributed by atoms with Gasteiger partial charge in [-0.15, -0.1) is 0 Å². The summed E-state index contributed by atoms with van der Waals surface area (Å²) in [7, 11) is 0. The third kappa shape index (κ3) is 3.79. The van der Waals surface area contributed by atoms with E-state index in [1.807, 2.05) is 10.6 Å². The van der Waals surface area contributed by atoms with Gasteiger partial charge >= 0.3 is 0 Å². The van der Waals surface area contributed by atoms with Crippen molar-refractivity contribution in [2.75, 3.05) is 32.8 Å². The van der Waals surface area contributed by atoms with E-state index in [0.29, 0.717) is 37.5 Å². The Hall–Kier alpha value is -2.52. The molecule has 1 amide bonds. The standard InChI is InChI=1S/C21H28N6O3/c28-20(23-5-6-26-14-22-13-24-26)18-1-2-19-16-9-15(11-27(19)21(18)29)10-25(12-16)17-3-7-30-8-4-17/h1-2,13-17H,3-12H2,(H,23,28)/t15-,16+/m0/s1. The van der Waals surface area contributed by atoms with Crippen molar-refractivity contribution in [2.24, 2.45) is 5.92 Å². The van der Waals surface area contributed by atoms with Crippen LogP contribution in [0.5, 0.6) is 0 Å². The fraction of sp³-hybridized carbons (Fsp3) is 0.619. The van der Waals surface area contributed by atoms with Crippen molar-refractivity contribution in [2.45, 2.75) is 44.3 Å². The van der Waals surface area contributed by atoms with Crippen molar-refractivity contribution in [3.05, 3.63) is 46.4 Å². The minimum Gasteiger partial charge on any atom is -0.381 e. The first-order chi connectivity index (χ1) is 14.7. The lowest BCUT2D eigenvalue weighted by Crippen LogP contribution is -2.52. The van der Waals surface area contributed by atoms with Crippen LogP contribution < -0.4 is 10.9 Å². The maximum absolute atomic E-state index is 13.1. The molecule has 0 spiro atoms. The topological polar surface area (TPSA) is 94.3 Å². The highest BCUT2D eigenvalue weighted by atomic mass is 16.5. The summed E-state index contributed by atoms with van der Waals surface area (Å²) in [5.74, 6) is 0.495. The zero-order valence-corrected chi connectivity index (χ0v) is 17.1. The summed E-state index contributed by atoms with van der Waals surface area (Å²) in [6.45, 7) is 5.33. The lowest BCUT2D eigenvalue weighted by atomic mass is 9.82. The zero-order valence-electron chi connectivity index (χ0n) is 17.1. The first-order valence-electron chi connectivity index (χ1n) is 10.8. The Bertz CT molecular complexity index is 950. The van der Waals surface area contributed by atoms with Crippen molar-refractivity contribution in [3.8, 4) is 0 Å². The molecule has 9 heteroatoms. The molecular weight excluding hydrogens is 384 g/mol. The number of carbonyl (C=O) groups excluding carboxylic acids is 1. The van der Waals surface area contributed by atoms with Crippen LogP contribution in [0.1, 0.15) is 41.2 Å². The van der Waals surface area contributed by atoms with E-state index in [2.05, 4.69) is 20.3 Å². The molecule has 2 aromatic heterocycles. The van der Waals surface area contributed by atoms with E-state index in [0.717, 1.165) is 51.3 Å². The number of carbonyl (C=O) groups is 1. The third-order valence-electron chi connectivity index (χ3n) is 6.68. The van der Waals surface area contributed by atoms with E-state index in [1.165, 1.54) is 6.33 Å². The van der Waals surface area contributed by atoms with Gasteiger partial charge in [0, 0.05) is 57.0 Å². The van der Waals surface area contributed by atoms with Crippen LogP contribution >= 0.6 is 0 Å². The normalized spacial score (nSPS) is 24.4. The van der Waals surface area contributed by atoms with Crippen LogP contribution in [0.15, 0.2) is 29.6 Å².